The van der Waals surface area contributed by atoms with E-state index in [-0.39, 0.29) is 40.2 Å². The lowest BCUT2D eigenvalue weighted by Crippen LogP contribution is -2.54. The van der Waals surface area contributed by atoms with Crippen molar-refractivity contribution in [1.29, 1.82) is 0 Å². The summed E-state index contributed by atoms with van der Waals surface area (Å²) >= 11 is 0. The van der Waals surface area contributed by atoms with E-state index in [9.17, 15) is 55.6 Å². The molecule has 3 aromatic carbocycles. The van der Waals surface area contributed by atoms with E-state index in [1.165, 1.54) is 0 Å². The molecule has 276 valence electrons. The number of fused-ring (bicyclic) bond motifs is 1. The van der Waals surface area contributed by atoms with Crippen LogP contribution in [0.5, 0.6) is 5.75 Å². The number of nitrogens with zero attached hydrogens (tertiary/aromatic N) is 5. The van der Waals surface area contributed by atoms with Crippen molar-refractivity contribution in [3.8, 4) is 5.75 Å². The number of phenolic OH excluding ortho intramolecular Hbond substituents is 1. The Labute approximate surface area is 294 Å². The maximum absolute atomic E-state index is 12.7. The van der Waals surface area contributed by atoms with E-state index in [0.29, 0.717) is 18.5 Å². The number of aromatic nitrogens is 3. The number of anilines is 2. The predicted octanol–water partition coefficient (Wildman–Crippen LogP) is 2.86. The van der Waals surface area contributed by atoms with Crippen molar-refractivity contribution in [3.63, 3.8) is 0 Å². The Balaban J connectivity index is 1.65. The van der Waals surface area contributed by atoms with Crippen LogP contribution in [0.25, 0.3) is 10.8 Å². The highest BCUT2D eigenvalue weighted by molar-refractivity contribution is 7.86. The highest BCUT2D eigenvalue weighted by Crippen LogP contribution is 2.45. The molecule has 3 atom stereocenters. The van der Waals surface area contributed by atoms with Crippen LogP contribution in [-0.4, -0.2) is 105 Å². The van der Waals surface area contributed by atoms with Gasteiger partial charge < -0.3 is 30.9 Å². The van der Waals surface area contributed by atoms with Gasteiger partial charge in [0.05, 0.1) is 27.4 Å². The molecule has 0 amide bonds. The van der Waals surface area contributed by atoms with Gasteiger partial charge in [0.15, 0.2) is 5.75 Å². The zero-order valence-electron chi connectivity index (χ0n) is 27.5. The molecule has 0 spiro atoms. The van der Waals surface area contributed by atoms with E-state index in [2.05, 4.69) is 47.6 Å². The van der Waals surface area contributed by atoms with Crippen LogP contribution in [-0.2, 0) is 20.2 Å². The first kappa shape index (κ1) is 37.9. The number of aromatic carboxylic acids is 2. The molecule has 0 aliphatic carbocycles. The van der Waals surface area contributed by atoms with Crippen LogP contribution in [0.2, 0.25) is 0 Å². The second kappa shape index (κ2) is 14.3. The summed E-state index contributed by atoms with van der Waals surface area (Å²) in [5.41, 5.74) is -3.58. The van der Waals surface area contributed by atoms with Crippen LogP contribution in [0.15, 0.2) is 61.2 Å². The Kier molecular flexibility index (Phi) is 10.4. The first-order chi connectivity index (χ1) is 24.2. The van der Waals surface area contributed by atoms with Gasteiger partial charge >= 0.3 is 17.6 Å². The molecule has 1 aromatic heterocycles. The number of rotatable bonds is 11. The van der Waals surface area contributed by atoms with Gasteiger partial charge in [-0.3, -0.25) is 14.1 Å². The second-order valence-corrected chi connectivity index (χ2v) is 15.0. The molecular weight excluding hydrogens is 729 g/mol. The van der Waals surface area contributed by atoms with Crippen molar-refractivity contribution >= 4 is 66.0 Å². The quantitative estimate of drug-likeness (QED) is 0.0804. The minimum absolute atomic E-state index is 0.0605. The number of azo groups is 1. The Morgan fingerprint density at radius 3 is 2.23 bits per heavy atom. The van der Waals surface area contributed by atoms with Gasteiger partial charge in [0.25, 0.3) is 20.2 Å². The normalized spacial score (nSPS) is 17.7. The third kappa shape index (κ3) is 8.38. The smallest absolute Gasteiger partial charge is 0.349 e. The summed E-state index contributed by atoms with van der Waals surface area (Å²) in [6.45, 7) is 5.39. The van der Waals surface area contributed by atoms with Gasteiger partial charge in [-0.15, -0.1) is 5.11 Å². The molecule has 8 N–H and O–H groups in total. The number of aromatic hydroxyl groups is 1. The molecule has 3 unspecified atom stereocenters. The molecule has 4 aromatic rings. The molecule has 1 saturated heterocycles. The Morgan fingerprint density at radius 1 is 1.00 bits per heavy atom. The van der Waals surface area contributed by atoms with Crippen molar-refractivity contribution in [2.75, 3.05) is 25.5 Å². The largest absolute Gasteiger partial charge is 0.505 e. The number of hydrogen-bond acceptors (Lipinski definition) is 15. The van der Waals surface area contributed by atoms with Gasteiger partial charge in [-0.1, -0.05) is 6.92 Å². The molecule has 22 heteroatoms. The van der Waals surface area contributed by atoms with Gasteiger partial charge in [0.1, 0.15) is 16.4 Å². The molecule has 0 radical (unpaired) electrons. The van der Waals surface area contributed by atoms with Gasteiger partial charge in [-0.2, -0.15) is 31.9 Å². The maximum Gasteiger partial charge on any atom is 0.349 e. The minimum atomic E-state index is -5.27. The summed E-state index contributed by atoms with van der Waals surface area (Å²) < 4.78 is 69.3. The summed E-state index contributed by atoms with van der Waals surface area (Å²) in [6, 6.07) is 5.34. The second-order valence-electron chi connectivity index (χ2n) is 12.2. The minimum Gasteiger partial charge on any atom is -0.505 e. The molecule has 5 rings (SSSR count). The molecule has 0 bridgehead atoms. The molecule has 52 heavy (non-hydrogen) atoms. The standard InChI is InChI=1S/C30H32N8O12S2/c1-13(4-19-12-38(3)14(2)11-31-19)26-33-29(35-30(44)34-26)32-21-10-20(51(45,46)47)8-15-9-22(52(48,49)50)24(25(39)23(15)21)37-36-18-6-16(27(40)41)5-17(7-18)28(42)43/h5-10,13-14,19,31,39H,4,11-12H2,1-3H3,(H,40,41)(H,42,43)(H,45,46,47)(H,48,49,50)(H2,32,33,34,35,44). The number of nitrogens with one attached hydrogen (secondary N) is 3. The fourth-order valence-corrected chi connectivity index (χ4v) is 6.82. The van der Waals surface area contributed by atoms with Crippen molar-refractivity contribution in [2.45, 2.75) is 48.1 Å². The van der Waals surface area contributed by atoms with Crippen LogP contribution < -0.4 is 16.3 Å². The number of carboxylic acid groups (broad SMARTS) is 2. The Bertz CT molecular complexity index is 2390. The van der Waals surface area contributed by atoms with Crippen LogP contribution in [0.3, 0.4) is 0 Å². The summed E-state index contributed by atoms with van der Waals surface area (Å²) in [5, 5.41) is 42.9. The number of phenols is 1. The SMILES string of the molecule is CC(CC1CN(C)C(C)CN1)c1nc(Nc2cc(S(=O)(=O)O)cc3cc(S(=O)(=O)O)c(N=Nc4cc(C(=O)O)cc(C(=O)O)c4)c(O)c23)nc(=O)[nH]1. The number of likely N-dealkylation sites (N-methyl/N-ethyl adjacent to an activating group) is 1. The molecule has 20 nitrogen and oxygen atoms in total. The van der Waals surface area contributed by atoms with Crippen molar-refractivity contribution < 1.29 is 50.8 Å². The zero-order valence-corrected chi connectivity index (χ0v) is 29.1. The third-order valence-corrected chi connectivity index (χ3v) is 10.1. The third-order valence-electron chi connectivity index (χ3n) is 8.36. The van der Waals surface area contributed by atoms with Crippen molar-refractivity contribution in [1.82, 2.24) is 25.2 Å². The monoisotopic (exact) mass is 760 g/mol. The van der Waals surface area contributed by atoms with Crippen molar-refractivity contribution in [2.24, 2.45) is 10.2 Å². The molecule has 1 aliphatic rings. The number of carbonyl (C=O) groups is 2. The lowest BCUT2D eigenvalue weighted by molar-refractivity contribution is 0.0696. The van der Waals surface area contributed by atoms with Crippen LogP contribution in [0, 0.1) is 0 Å². The summed E-state index contributed by atoms with van der Waals surface area (Å²) in [6.07, 6.45) is 0.557. The lowest BCUT2D eigenvalue weighted by atomic mass is 9.98. The van der Waals surface area contributed by atoms with E-state index in [4.69, 9.17) is 0 Å². The fourth-order valence-electron chi connectivity index (χ4n) is 5.62. The molecule has 2 heterocycles. The van der Waals surface area contributed by atoms with Crippen LogP contribution in [0.4, 0.5) is 23.0 Å². The van der Waals surface area contributed by atoms with Crippen LogP contribution in [0.1, 0.15) is 52.7 Å². The number of H-pyrrole nitrogens is 1. The molecular formula is C30H32N8O12S2. The molecule has 0 saturated carbocycles. The maximum atomic E-state index is 12.7. The van der Waals surface area contributed by atoms with E-state index in [0.717, 1.165) is 43.4 Å². The van der Waals surface area contributed by atoms with Crippen molar-refractivity contribution in [3.05, 3.63) is 63.8 Å². The van der Waals surface area contributed by atoms with Gasteiger partial charge in [0.2, 0.25) is 5.95 Å². The highest BCUT2D eigenvalue weighted by Gasteiger charge is 2.27. The Hall–Kier alpha value is -5.39. The summed E-state index contributed by atoms with van der Waals surface area (Å²) in [7, 11) is -8.27. The van der Waals surface area contributed by atoms with E-state index in [1.807, 2.05) is 14.0 Å². The number of aromatic amines is 1. The predicted molar refractivity (Wildman–Crippen MR) is 183 cm³/mol. The average molecular weight is 761 g/mol. The summed E-state index contributed by atoms with van der Waals surface area (Å²) in [4.78, 5) is 46.8. The number of carboxylic acids is 2. The average Bonchev–Trinajstić information content (AvgIpc) is 3.04. The van der Waals surface area contributed by atoms with E-state index >= 15 is 0 Å². The molecule has 1 fully saturated rings. The van der Waals surface area contributed by atoms with Gasteiger partial charge in [0, 0.05) is 36.5 Å². The lowest BCUT2D eigenvalue weighted by Gasteiger charge is -2.37. The van der Waals surface area contributed by atoms with Gasteiger partial charge in [-0.25, -0.2) is 14.4 Å². The first-order valence-corrected chi connectivity index (χ1v) is 18.1. The zero-order chi connectivity index (χ0) is 38.3. The fraction of sp³-hybridized carbons (Fsp3) is 0.300. The topological polar surface area (TPSA) is 314 Å². The first-order valence-electron chi connectivity index (χ1n) is 15.2. The Morgan fingerprint density at radius 2 is 1.65 bits per heavy atom. The molecule has 1 aliphatic heterocycles. The number of hydrogen-bond donors (Lipinski definition) is 8. The highest BCUT2D eigenvalue weighted by atomic mass is 32.2. The van der Waals surface area contributed by atoms with E-state index in [1.54, 1.807) is 0 Å². The van der Waals surface area contributed by atoms with Crippen LogP contribution >= 0.6 is 0 Å². The van der Waals surface area contributed by atoms with E-state index < -0.39 is 75.9 Å². The summed E-state index contributed by atoms with van der Waals surface area (Å²) in [5.74, 6) is -4.58. The van der Waals surface area contributed by atoms with Gasteiger partial charge in [-0.05, 0) is 62.2 Å². The number of benzene rings is 3. The number of piperazine rings is 1.